The Bertz CT molecular complexity index is 993. The van der Waals surface area contributed by atoms with Gasteiger partial charge in [-0.2, -0.15) is 0 Å². The molecule has 2 heterocycles. The molecule has 0 aliphatic carbocycles. The van der Waals surface area contributed by atoms with Crippen LogP contribution in [0.15, 0.2) is 54.6 Å². The molecule has 0 radical (unpaired) electrons. The Labute approximate surface area is 188 Å². The average molecular weight is 436 g/mol. The molecular weight excluding hydrogens is 406 g/mol. The van der Waals surface area contributed by atoms with Crippen molar-refractivity contribution in [2.24, 2.45) is 0 Å². The van der Waals surface area contributed by atoms with Gasteiger partial charge in [0.15, 0.2) is 0 Å². The number of ether oxygens (including phenoxy) is 1. The summed E-state index contributed by atoms with van der Waals surface area (Å²) < 4.78 is 5.82. The van der Waals surface area contributed by atoms with E-state index < -0.39 is 0 Å². The van der Waals surface area contributed by atoms with Crippen molar-refractivity contribution in [3.63, 3.8) is 0 Å². The van der Waals surface area contributed by atoms with Crippen molar-refractivity contribution in [1.29, 1.82) is 0 Å². The van der Waals surface area contributed by atoms with Gasteiger partial charge in [-0.15, -0.1) is 11.3 Å². The number of piperidine rings is 1. The zero-order valence-electron chi connectivity index (χ0n) is 18.1. The number of aryl methyl sites for hydroxylation is 2. The lowest BCUT2D eigenvalue weighted by Crippen LogP contribution is -2.44. The second kappa shape index (κ2) is 10.1. The van der Waals surface area contributed by atoms with Gasteiger partial charge in [0.25, 0.3) is 5.91 Å². The van der Waals surface area contributed by atoms with Crippen molar-refractivity contribution in [3.05, 3.63) is 81.3 Å². The van der Waals surface area contributed by atoms with E-state index in [1.165, 1.54) is 22.5 Å². The molecule has 1 fully saturated rings. The van der Waals surface area contributed by atoms with Crippen molar-refractivity contribution >= 4 is 17.2 Å². The molecule has 1 aliphatic rings. The maximum atomic E-state index is 12.8. The highest BCUT2D eigenvalue weighted by atomic mass is 32.1. The lowest BCUT2D eigenvalue weighted by Gasteiger charge is -2.32. The summed E-state index contributed by atoms with van der Waals surface area (Å²) in [5.74, 6) is 0.796. The summed E-state index contributed by atoms with van der Waals surface area (Å²) >= 11 is 1.42. The number of carbonyl (C=O) groups is 1. The fourth-order valence-electron chi connectivity index (χ4n) is 3.83. The molecule has 1 saturated heterocycles. The lowest BCUT2D eigenvalue weighted by atomic mass is 10.0. The summed E-state index contributed by atoms with van der Waals surface area (Å²) in [4.78, 5) is 20.5. The molecule has 0 atom stereocenters. The van der Waals surface area contributed by atoms with E-state index in [-0.39, 0.29) is 11.9 Å². The molecule has 0 spiro atoms. The largest absolute Gasteiger partial charge is 0.486 e. The third kappa shape index (κ3) is 5.93. The molecule has 6 heteroatoms. The molecule has 0 saturated carbocycles. The molecule has 1 N–H and O–H groups in total. The topological polar surface area (TPSA) is 54.5 Å². The molecule has 0 bridgehead atoms. The van der Waals surface area contributed by atoms with Gasteiger partial charge in [0.1, 0.15) is 22.2 Å². The van der Waals surface area contributed by atoms with Crippen LogP contribution in [0.5, 0.6) is 5.75 Å². The van der Waals surface area contributed by atoms with Gasteiger partial charge in [-0.25, -0.2) is 4.98 Å². The van der Waals surface area contributed by atoms with Crippen LogP contribution in [0.4, 0.5) is 0 Å². The lowest BCUT2D eigenvalue weighted by molar-refractivity contribution is 0.0912. The highest BCUT2D eigenvalue weighted by Gasteiger charge is 2.23. The van der Waals surface area contributed by atoms with Crippen LogP contribution in [0.25, 0.3) is 0 Å². The van der Waals surface area contributed by atoms with Gasteiger partial charge < -0.3 is 10.1 Å². The van der Waals surface area contributed by atoms with E-state index in [2.05, 4.69) is 39.5 Å². The molecule has 1 amide bonds. The third-order valence-corrected chi connectivity index (χ3v) is 6.73. The van der Waals surface area contributed by atoms with Crippen molar-refractivity contribution in [2.45, 2.75) is 45.9 Å². The number of rotatable bonds is 7. The molecular formula is C25H29N3O2S. The van der Waals surface area contributed by atoms with E-state index in [9.17, 15) is 4.79 Å². The van der Waals surface area contributed by atoms with Crippen LogP contribution >= 0.6 is 11.3 Å². The second-order valence-electron chi connectivity index (χ2n) is 8.13. The first kappa shape index (κ1) is 21.5. The van der Waals surface area contributed by atoms with Gasteiger partial charge >= 0.3 is 0 Å². The molecule has 3 aromatic rings. The van der Waals surface area contributed by atoms with Crippen LogP contribution in [0.2, 0.25) is 0 Å². The van der Waals surface area contributed by atoms with Gasteiger partial charge in [-0.3, -0.25) is 9.69 Å². The smallest absolute Gasteiger partial charge is 0.263 e. The van der Waals surface area contributed by atoms with Crippen molar-refractivity contribution in [3.8, 4) is 5.75 Å². The van der Waals surface area contributed by atoms with E-state index in [0.29, 0.717) is 11.5 Å². The van der Waals surface area contributed by atoms with Gasteiger partial charge in [0.2, 0.25) is 0 Å². The zero-order chi connectivity index (χ0) is 21.6. The van der Waals surface area contributed by atoms with Gasteiger partial charge in [-0.05, 0) is 44.4 Å². The van der Waals surface area contributed by atoms with Gasteiger partial charge in [0.05, 0.1) is 5.69 Å². The number of amides is 1. The molecule has 2 aromatic carbocycles. The molecule has 162 valence electrons. The Morgan fingerprint density at radius 2 is 1.81 bits per heavy atom. The highest BCUT2D eigenvalue weighted by molar-refractivity contribution is 7.13. The molecule has 0 unspecified atom stereocenters. The van der Waals surface area contributed by atoms with Crippen LogP contribution in [-0.4, -0.2) is 34.9 Å². The van der Waals surface area contributed by atoms with E-state index >= 15 is 0 Å². The quantitative estimate of drug-likeness (QED) is 0.583. The number of thiazole rings is 1. The van der Waals surface area contributed by atoms with Crippen LogP contribution in [0, 0.1) is 13.8 Å². The van der Waals surface area contributed by atoms with E-state index in [0.717, 1.165) is 48.9 Å². The Balaban J connectivity index is 1.26. The molecule has 4 rings (SSSR count). The summed E-state index contributed by atoms with van der Waals surface area (Å²) in [5, 5.41) is 4.04. The van der Waals surface area contributed by atoms with Crippen molar-refractivity contribution in [1.82, 2.24) is 15.2 Å². The summed E-state index contributed by atoms with van der Waals surface area (Å²) in [7, 11) is 0. The van der Waals surface area contributed by atoms with Gasteiger partial charge in [0, 0.05) is 25.7 Å². The van der Waals surface area contributed by atoms with Crippen LogP contribution in [0.3, 0.4) is 0 Å². The molecule has 1 aromatic heterocycles. The number of hydrogen-bond acceptors (Lipinski definition) is 5. The third-order valence-electron chi connectivity index (χ3n) is 5.60. The zero-order valence-corrected chi connectivity index (χ0v) is 19.0. The van der Waals surface area contributed by atoms with E-state index in [1.807, 2.05) is 44.2 Å². The standard InChI is InChI=1S/C25H29N3O2S/c1-18-8-10-22(11-9-18)30-17-23-26-19(2)24(31-23)25(29)27-21-12-14-28(15-13-21)16-20-6-4-3-5-7-20/h3-11,21H,12-17H2,1-2H3,(H,27,29). The second-order valence-corrected chi connectivity index (χ2v) is 9.22. The first-order chi connectivity index (χ1) is 15.1. The Hall–Kier alpha value is -2.70. The maximum Gasteiger partial charge on any atom is 0.263 e. The van der Waals surface area contributed by atoms with Crippen molar-refractivity contribution < 1.29 is 9.53 Å². The highest BCUT2D eigenvalue weighted by Crippen LogP contribution is 2.22. The fraction of sp³-hybridized carbons (Fsp3) is 0.360. The molecule has 31 heavy (non-hydrogen) atoms. The first-order valence-corrected chi connectivity index (χ1v) is 11.6. The maximum absolute atomic E-state index is 12.8. The monoisotopic (exact) mass is 435 g/mol. The van der Waals surface area contributed by atoms with Gasteiger partial charge in [-0.1, -0.05) is 48.0 Å². The predicted octanol–water partition coefficient (Wildman–Crippen LogP) is 4.73. The number of nitrogens with one attached hydrogen (secondary N) is 1. The van der Waals surface area contributed by atoms with Crippen LogP contribution in [-0.2, 0) is 13.2 Å². The van der Waals surface area contributed by atoms with E-state index in [4.69, 9.17) is 4.74 Å². The van der Waals surface area contributed by atoms with Crippen molar-refractivity contribution in [2.75, 3.05) is 13.1 Å². The number of hydrogen-bond donors (Lipinski definition) is 1. The minimum absolute atomic E-state index is 0.0157. The summed E-state index contributed by atoms with van der Waals surface area (Å²) in [6, 6.07) is 18.7. The first-order valence-electron chi connectivity index (χ1n) is 10.8. The number of benzene rings is 2. The number of aromatic nitrogens is 1. The predicted molar refractivity (Wildman–Crippen MR) is 125 cm³/mol. The van der Waals surface area contributed by atoms with E-state index in [1.54, 1.807) is 0 Å². The molecule has 5 nitrogen and oxygen atoms in total. The average Bonchev–Trinajstić information content (AvgIpc) is 3.16. The summed E-state index contributed by atoms with van der Waals surface area (Å²) in [6.07, 6.45) is 1.94. The number of likely N-dealkylation sites (tertiary alicyclic amines) is 1. The molecule has 1 aliphatic heterocycles. The minimum Gasteiger partial charge on any atom is -0.486 e. The SMILES string of the molecule is Cc1ccc(OCc2nc(C)c(C(=O)NC3CCN(Cc4ccccc4)CC3)s2)cc1. The Morgan fingerprint density at radius 1 is 1.10 bits per heavy atom. The normalized spacial score (nSPS) is 15.0. The van der Waals surface area contributed by atoms with Crippen LogP contribution in [0.1, 0.15) is 44.3 Å². The minimum atomic E-state index is -0.0157. The Morgan fingerprint density at radius 3 is 2.52 bits per heavy atom. The number of nitrogens with zero attached hydrogens (tertiary/aromatic N) is 2. The number of carbonyl (C=O) groups excluding carboxylic acids is 1. The summed E-state index contributed by atoms with van der Waals surface area (Å²) in [6.45, 7) is 7.28. The Kier molecular flexibility index (Phi) is 6.99. The fourth-order valence-corrected chi connectivity index (χ4v) is 4.71. The van der Waals surface area contributed by atoms with Crippen LogP contribution < -0.4 is 10.1 Å². The summed E-state index contributed by atoms with van der Waals surface area (Å²) in [5.41, 5.74) is 3.31.